The van der Waals surface area contributed by atoms with Gasteiger partial charge in [-0.3, -0.25) is 4.79 Å². The first-order valence-corrected chi connectivity index (χ1v) is 9.86. The van der Waals surface area contributed by atoms with Crippen LogP contribution in [0.3, 0.4) is 0 Å². The predicted octanol–water partition coefficient (Wildman–Crippen LogP) is 3.78. The Morgan fingerprint density at radius 2 is 2.29 bits per heavy atom. The van der Waals surface area contributed by atoms with Crippen LogP contribution in [0, 0.1) is 12.8 Å². The number of hydrogen-bond donors (Lipinski definition) is 0. The van der Waals surface area contributed by atoms with Crippen LogP contribution in [0.1, 0.15) is 53.7 Å². The maximum atomic E-state index is 12.9. The fraction of sp³-hybridized carbons (Fsp3) is 0.579. The third-order valence-corrected chi connectivity index (χ3v) is 6.53. The van der Waals surface area contributed by atoms with E-state index >= 15 is 0 Å². The minimum Gasteiger partial charge on any atom is -0.340 e. The zero-order valence-electron chi connectivity index (χ0n) is 14.4. The molecule has 3 atom stereocenters. The summed E-state index contributed by atoms with van der Waals surface area (Å²) in [6, 6.07) is 4.76. The Balaban J connectivity index is 1.42. The molecule has 2 aromatic rings. The Hall–Kier alpha value is -1.62. The molecular formula is C19H25N3OS. The molecule has 0 aromatic carbocycles. The highest BCUT2D eigenvalue weighted by molar-refractivity contribution is 7.12. The molecule has 3 unspecified atom stereocenters. The van der Waals surface area contributed by atoms with Gasteiger partial charge in [0, 0.05) is 53.5 Å². The molecule has 0 radical (unpaired) electrons. The number of hydrogen-bond acceptors (Lipinski definition) is 3. The number of carbonyl (C=O) groups is 1. The molecule has 0 N–H and O–H groups in total. The SMILES string of the molecule is CCc1nccn1C1CCCN(C(=O)C2CC2c2ccc(C)s2)C1. The van der Waals surface area contributed by atoms with Gasteiger partial charge in [0.25, 0.3) is 0 Å². The van der Waals surface area contributed by atoms with Crippen molar-refractivity contribution < 1.29 is 4.79 Å². The Morgan fingerprint density at radius 1 is 1.42 bits per heavy atom. The van der Waals surface area contributed by atoms with Gasteiger partial charge in [-0.05, 0) is 38.3 Å². The lowest BCUT2D eigenvalue weighted by Gasteiger charge is -2.34. The number of rotatable bonds is 4. The average molecular weight is 343 g/mol. The van der Waals surface area contributed by atoms with Crippen molar-refractivity contribution in [2.45, 2.75) is 51.5 Å². The molecule has 1 saturated carbocycles. The Bertz CT molecular complexity index is 735. The molecule has 2 fully saturated rings. The number of aryl methyl sites for hydroxylation is 2. The monoisotopic (exact) mass is 343 g/mol. The number of aromatic nitrogens is 2. The van der Waals surface area contributed by atoms with Crippen LogP contribution in [0.4, 0.5) is 0 Å². The van der Waals surface area contributed by atoms with Crippen molar-refractivity contribution in [3.8, 4) is 0 Å². The summed E-state index contributed by atoms with van der Waals surface area (Å²) in [5.41, 5.74) is 0. The molecule has 1 amide bonds. The summed E-state index contributed by atoms with van der Waals surface area (Å²) < 4.78 is 2.28. The Morgan fingerprint density at radius 3 is 3.04 bits per heavy atom. The van der Waals surface area contributed by atoms with Gasteiger partial charge in [-0.2, -0.15) is 0 Å². The number of piperidine rings is 1. The van der Waals surface area contributed by atoms with Crippen molar-refractivity contribution >= 4 is 17.2 Å². The minimum absolute atomic E-state index is 0.218. The largest absolute Gasteiger partial charge is 0.340 e. The normalized spacial score (nSPS) is 26.6. The van der Waals surface area contributed by atoms with E-state index < -0.39 is 0 Å². The van der Waals surface area contributed by atoms with Crippen LogP contribution in [0.15, 0.2) is 24.5 Å². The van der Waals surface area contributed by atoms with E-state index in [0.717, 1.165) is 44.6 Å². The molecule has 1 aliphatic carbocycles. The summed E-state index contributed by atoms with van der Waals surface area (Å²) in [4.78, 5) is 22.2. The van der Waals surface area contributed by atoms with Crippen LogP contribution in [-0.4, -0.2) is 33.4 Å². The van der Waals surface area contributed by atoms with E-state index in [4.69, 9.17) is 0 Å². The Labute approximate surface area is 147 Å². The van der Waals surface area contributed by atoms with Gasteiger partial charge in [0.05, 0.1) is 6.04 Å². The molecule has 1 saturated heterocycles. The summed E-state index contributed by atoms with van der Waals surface area (Å²) >= 11 is 1.85. The van der Waals surface area contributed by atoms with Crippen LogP contribution < -0.4 is 0 Å². The summed E-state index contributed by atoms with van der Waals surface area (Å²) in [6.07, 6.45) is 8.17. The van der Waals surface area contributed by atoms with Gasteiger partial charge in [0.2, 0.25) is 5.91 Å². The Kier molecular flexibility index (Phi) is 4.21. The average Bonchev–Trinajstić information content (AvgIpc) is 3.04. The zero-order valence-corrected chi connectivity index (χ0v) is 15.3. The lowest BCUT2D eigenvalue weighted by molar-refractivity contribution is -0.134. The van der Waals surface area contributed by atoms with Crippen molar-refractivity contribution in [2.75, 3.05) is 13.1 Å². The minimum atomic E-state index is 0.218. The number of nitrogens with zero attached hydrogens (tertiary/aromatic N) is 3. The van der Waals surface area contributed by atoms with Crippen LogP contribution in [0.25, 0.3) is 0 Å². The van der Waals surface area contributed by atoms with Gasteiger partial charge >= 0.3 is 0 Å². The first-order chi connectivity index (χ1) is 11.7. The number of imidazole rings is 1. The number of likely N-dealkylation sites (tertiary alicyclic amines) is 1. The predicted molar refractivity (Wildman–Crippen MR) is 96.4 cm³/mol. The molecule has 128 valence electrons. The van der Waals surface area contributed by atoms with E-state index in [0.29, 0.717) is 17.9 Å². The highest BCUT2D eigenvalue weighted by Crippen LogP contribution is 2.50. The summed E-state index contributed by atoms with van der Waals surface area (Å²) in [5.74, 6) is 2.19. The van der Waals surface area contributed by atoms with Crippen molar-refractivity contribution in [3.05, 3.63) is 40.1 Å². The van der Waals surface area contributed by atoms with Crippen molar-refractivity contribution in [1.29, 1.82) is 0 Å². The van der Waals surface area contributed by atoms with Crippen LogP contribution >= 0.6 is 11.3 Å². The fourth-order valence-corrected chi connectivity index (χ4v) is 5.06. The second kappa shape index (κ2) is 6.36. The van der Waals surface area contributed by atoms with Gasteiger partial charge in [0.15, 0.2) is 0 Å². The number of thiophene rings is 1. The van der Waals surface area contributed by atoms with E-state index in [1.807, 2.05) is 17.5 Å². The maximum absolute atomic E-state index is 12.9. The number of amides is 1. The fourth-order valence-electron chi connectivity index (χ4n) is 4.00. The van der Waals surface area contributed by atoms with E-state index in [2.05, 4.69) is 46.6 Å². The van der Waals surface area contributed by atoms with Crippen molar-refractivity contribution in [2.24, 2.45) is 5.92 Å². The molecule has 2 aliphatic rings. The summed E-state index contributed by atoms with van der Waals surface area (Å²) in [7, 11) is 0. The third-order valence-electron chi connectivity index (χ3n) is 5.40. The number of carbonyl (C=O) groups excluding carboxylic acids is 1. The van der Waals surface area contributed by atoms with Gasteiger partial charge < -0.3 is 9.47 Å². The lowest BCUT2D eigenvalue weighted by Crippen LogP contribution is -2.41. The van der Waals surface area contributed by atoms with Crippen molar-refractivity contribution in [1.82, 2.24) is 14.5 Å². The lowest BCUT2D eigenvalue weighted by atomic mass is 10.0. The smallest absolute Gasteiger partial charge is 0.226 e. The molecule has 4 nitrogen and oxygen atoms in total. The highest BCUT2D eigenvalue weighted by atomic mass is 32.1. The summed E-state index contributed by atoms with van der Waals surface area (Å²) in [5, 5.41) is 0. The van der Waals surface area contributed by atoms with E-state index in [1.165, 1.54) is 9.75 Å². The van der Waals surface area contributed by atoms with Crippen LogP contribution in [0.5, 0.6) is 0 Å². The second-order valence-corrected chi connectivity index (χ2v) is 8.40. The first-order valence-electron chi connectivity index (χ1n) is 9.04. The summed E-state index contributed by atoms with van der Waals surface area (Å²) in [6.45, 7) is 6.04. The van der Waals surface area contributed by atoms with Crippen molar-refractivity contribution in [3.63, 3.8) is 0 Å². The van der Waals surface area contributed by atoms with E-state index in [1.54, 1.807) is 0 Å². The van der Waals surface area contributed by atoms with E-state index in [9.17, 15) is 4.79 Å². The molecule has 5 heteroatoms. The van der Waals surface area contributed by atoms with E-state index in [-0.39, 0.29) is 5.92 Å². The maximum Gasteiger partial charge on any atom is 0.226 e. The zero-order chi connectivity index (χ0) is 16.7. The second-order valence-electron chi connectivity index (χ2n) is 7.08. The molecule has 0 bridgehead atoms. The van der Waals surface area contributed by atoms with Gasteiger partial charge in [0.1, 0.15) is 5.82 Å². The molecule has 1 aliphatic heterocycles. The highest BCUT2D eigenvalue weighted by Gasteiger charge is 2.47. The quantitative estimate of drug-likeness (QED) is 0.847. The first kappa shape index (κ1) is 15.9. The molecule has 3 heterocycles. The molecule has 0 spiro atoms. The van der Waals surface area contributed by atoms with Gasteiger partial charge in [-0.1, -0.05) is 6.92 Å². The van der Waals surface area contributed by atoms with Crippen LogP contribution in [0.2, 0.25) is 0 Å². The standard InChI is InChI=1S/C19H25N3OS/c1-3-18-20-8-10-22(18)14-5-4-9-21(12-14)19(23)16-11-15(16)17-7-6-13(2)24-17/h6-8,10,14-16H,3-5,9,11-12H2,1-2H3. The molecular weight excluding hydrogens is 318 g/mol. The molecule has 2 aromatic heterocycles. The third kappa shape index (κ3) is 2.90. The topological polar surface area (TPSA) is 38.1 Å². The van der Waals surface area contributed by atoms with Crippen LogP contribution in [-0.2, 0) is 11.2 Å². The van der Waals surface area contributed by atoms with Gasteiger partial charge in [-0.15, -0.1) is 11.3 Å². The molecule has 24 heavy (non-hydrogen) atoms. The molecule has 4 rings (SSSR count). The van der Waals surface area contributed by atoms with Gasteiger partial charge in [-0.25, -0.2) is 4.98 Å².